The van der Waals surface area contributed by atoms with Gasteiger partial charge in [-0.3, -0.25) is 0 Å². The second-order valence-electron chi connectivity index (χ2n) is 6.97. The third-order valence-electron chi connectivity index (χ3n) is 4.87. The monoisotopic (exact) mass is 372 g/mol. The summed E-state index contributed by atoms with van der Waals surface area (Å²) in [5, 5.41) is 8.80. The number of aromatic nitrogens is 3. The Balaban J connectivity index is 1.62. The van der Waals surface area contributed by atoms with Crippen molar-refractivity contribution in [2.75, 3.05) is 25.6 Å². The smallest absolute Gasteiger partial charge is 0.119 e. The standard InChI is InChI=1S/C23H24N4O/c1-26(2)19-14-12-18(13-15-19)22(16-17-28-20-8-4-3-5-9-20)27-23-11-7-6-10-21(23)24-25-27/h3-15,22H,16-17H2,1-2H3. The Bertz CT molecular complexity index is 1030. The van der Waals surface area contributed by atoms with Crippen molar-refractivity contribution in [3.05, 3.63) is 84.4 Å². The highest BCUT2D eigenvalue weighted by Gasteiger charge is 2.18. The summed E-state index contributed by atoms with van der Waals surface area (Å²) in [7, 11) is 4.09. The third-order valence-corrected chi connectivity index (χ3v) is 4.87. The molecule has 4 aromatic rings. The van der Waals surface area contributed by atoms with E-state index >= 15 is 0 Å². The Labute approximate surface area is 165 Å². The van der Waals surface area contributed by atoms with Crippen LogP contribution in [0.1, 0.15) is 18.0 Å². The molecule has 0 aliphatic carbocycles. The van der Waals surface area contributed by atoms with Crippen molar-refractivity contribution in [2.45, 2.75) is 12.5 Å². The molecule has 0 saturated carbocycles. The fourth-order valence-corrected chi connectivity index (χ4v) is 3.35. The highest BCUT2D eigenvalue weighted by atomic mass is 16.5. The third kappa shape index (κ3) is 3.83. The normalized spacial score (nSPS) is 12.1. The van der Waals surface area contributed by atoms with E-state index in [1.54, 1.807) is 0 Å². The van der Waals surface area contributed by atoms with Gasteiger partial charge in [-0.15, -0.1) is 5.10 Å². The van der Waals surface area contributed by atoms with Gasteiger partial charge in [0, 0.05) is 26.2 Å². The number of anilines is 1. The first kappa shape index (κ1) is 18.0. The molecule has 1 atom stereocenters. The lowest BCUT2D eigenvalue weighted by Gasteiger charge is -2.20. The molecule has 5 heteroatoms. The van der Waals surface area contributed by atoms with Gasteiger partial charge in [0.05, 0.1) is 18.2 Å². The summed E-state index contributed by atoms with van der Waals surface area (Å²) >= 11 is 0. The van der Waals surface area contributed by atoms with Crippen LogP contribution in [0.3, 0.4) is 0 Å². The second kappa shape index (κ2) is 8.13. The van der Waals surface area contributed by atoms with Crippen molar-refractivity contribution in [1.29, 1.82) is 0 Å². The zero-order valence-electron chi connectivity index (χ0n) is 16.2. The van der Waals surface area contributed by atoms with Gasteiger partial charge in [-0.25, -0.2) is 4.68 Å². The molecule has 0 bridgehead atoms. The van der Waals surface area contributed by atoms with Crippen LogP contribution in [0.5, 0.6) is 5.75 Å². The molecule has 0 fully saturated rings. The van der Waals surface area contributed by atoms with E-state index in [4.69, 9.17) is 4.74 Å². The molecule has 0 N–H and O–H groups in total. The fourth-order valence-electron chi connectivity index (χ4n) is 3.35. The van der Waals surface area contributed by atoms with Gasteiger partial charge in [-0.05, 0) is 42.0 Å². The Kier molecular flexibility index (Phi) is 5.24. The molecular weight excluding hydrogens is 348 g/mol. The molecule has 0 saturated heterocycles. The van der Waals surface area contributed by atoms with Crippen molar-refractivity contribution in [2.24, 2.45) is 0 Å². The SMILES string of the molecule is CN(C)c1ccc(C(CCOc2ccccc2)n2nnc3ccccc32)cc1. The highest BCUT2D eigenvalue weighted by Crippen LogP contribution is 2.27. The molecule has 0 radical (unpaired) electrons. The van der Waals surface area contributed by atoms with Crippen LogP contribution in [0.25, 0.3) is 11.0 Å². The maximum Gasteiger partial charge on any atom is 0.119 e. The lowest BCUT2D eigenvalue weighted by Crippen LogP contribution is -2.16. The molecule has 1 unspecified atom stereocenters. The van der Waals surface area contributed by atoms with Crippen LogP contribution in [0.15, 0.2) is 78.9 Å². The molecule has 0 aliphatic rings. The number of fused-ring (bicyclic) bond motifs is 1. The Morgan fingerprint density at radius 2 is 1.61 bits per heavy atom. The van der Waals surface area contributed by atoms with E-state index in [0.29, 0.717) is 6.61 Å². The van der Waals surface area contributed by atoms with Gasteiger partial charge >= 0.3 is 0 Å². The predicted molar refractivity (Wildman–Crippen MR) is 113 cm³/mol. The molecule has 142 valence electrons. The summed E-state index contributed by atoms with van der Waals surface area (Å²) in [6.07, 6.45) is 0.795. The van der Waals surface area contributed by atoms with E-state index in [9.17, 15) is 0 Å². The van der Waals surface area contributed by atoms with E-state index in [0.717, 1.165) is 23.2 Å². The first-order chi connectivity index (χ1) is 13.7. The zero-order valence-corrected chi connectivity index (χ0v) is 16.2. The number of ether oxygens (including phenoxy) is 1. The number of para-hydroxylation sites is 2. The largest absolute Gasteiger partial charge is 0.494 e. The molecule has 3 aromatic carbocycles. The molecular formula is C23H24N4O. The van der Waals surface area contributed by atoms with Gasteiger partial charge in [0.2, 0.25) is 0 Å². The number of benzene rings is 3. The number of hydrogen-bond donors (Lipinski definition) is 0. The zero-order chi connectivity index (χ0) is 19.3. The lowest BCUT2D eigenvalue weighted by atomic mass is 10.0. The maximum absolute atomic E-state index is 5.96. The highest BCUT2D eigenvalue weighted by molar-refractivity contribution is 5.74. The van der Waals surface area contributed by atoms with Crippen LogP contribution in [0, 0.1) is 0 Å². The average molecular weight is 372 g/mol. The summed E-state index contributed by atoms with van der Waals surface area (Å²) in [4.78, 5) is 2.10. The van der Waals surface area contributed by atoms with E-state index in [-0.39, 0.29) is 6.04 Å². The van der Waals surface area contributed by atoms with Crippen LogP contribution in [0.2, 0.25) is 0 Å². The first-order valence-corrected chi connectivity index (χ1v) is 9.47. The predicted octanol–water partition coefficient (Wildman–Crippen LogP) is 4.56. The number of rotatable bonds is 7. The van der Waals surface area contributed by atoms with Crippen molar-refractivity contribution >= 4 is 16.7 Å². The quantitative estimate of drug-likeness (QED) is 0.477. The van der Waals surface area contributed by atoms with Crippen LogP contribution < -0.4 is 9.64 Å². The first-order valence-electron chi connectivity index (χ1n) is 9.47. The number of nitrogens with zero attached hydrogens (tertiary/aromatic N) is 4. The van der Waals surface area contributed by atoms with Crippen LogP contribution in [0.4, 0.5) is 5.69 Å². The molecule has 4 rings (SSSR count). The Morgan fingerprint density at radius 1 is 0.893 bits per heavy atom. The molecule has 0 amide bonds. The van der Waals surface area contributed by atoms with Gasteiger partial charge in [0.1, 0.15) is 11.3 Å². The van der Waals surface area contributed by atoms with E-state index in [1.807, 2.05) is 67.3 Å². The average Bonchev–Trinajstić information content (AvgIpc) is 3.16. The molecule has 1 aromatic heterocycles. The van der Waals surface area contributed by atoms with Crippen LogP contribution in [-0.2, 0) is 0 Å². The Morgan fingerprint density at radius 3 is 2.36 bits per heavy atom. The molecule has 5 nitrogen and oxygen atoms in total. The minimum Gasteiger partial charge on any atom is -0.494 e. The Hall–Kier alpha value is -3.34. The van der Waals surface area contributed by atoms with Gasteiger partial charge < -0.3 is 9.64 Å². The summed E-state index contributed by atoms with van der Waals surface area (Å²) in [6, 6.07) is 26.6. The fraction of sp³-hybridized carbons (Fsp3) is 0.217. The summed E-state index contributed by atoms with van der Waals surface area (Å²) in [5.41, 5.74) is 4.30. The number of hydrogen-bond acceptors (Lipinski definition) is 4. The van der Waals surface area contributed by atoms with Gasteiger partial charge in [0.15, 0.2) is 0 Å². The maximum atomic E-state index is 5.96. The minimum atomic E-state index is 0.0484. The lowest BCUT2D eigenvalue weighted by molar-refractivity contribution is 0.285. The molecule has 0 aliphatic heterocycles. The van der Waals surface area contributed by atoms with Crippen molar-refractivity contribution in [3.8, 4) is 5.75 Å². The topological polar surface area (TPSA) is 43.2 Å². The van der Waals surface area contributed by atoms with E-state index < -0.39 is 0 Å². The minimum absolute atomic E-state index is 0.0484. The molecule has 0 spiro atoms. The van der Waals surface area contributed by atoms with Crippen molar-refractivity contribution < 1.29 is 4.74 Å². The van der Waals surface area contributed by atoms with Gasteiger partial charge in [-0.1, -0.05) is 47.7 Å². The summed E-state index contributed by atoms with van der Waals surface area (Å²) in [6.45, 7) is 0.596. The van der Waals surface area contributed by atoms with Crippen LogP contribution in [-0.4, -0.2) is 35.7 Å². The summed E-state index contributed by atoms with van der Waals surface area (Å²) < 4.78 is 7.97. The summed E-state index contributed by atoms with van der Waals surface area (Å²) in [5.74, 6) is 0.882. The van der Waals surface area contributed by atoms with Gasteiger partial charge in [-0.2, -0.15) is 0 Å². The van der Waals surface area contributed by atoms with E-state index in [1.165, 1.54) is 11.3 Å². The second-order valence-corrected chi connectivity index (χ2v) is 6.97. The van der Waals surface area contributed by atoms with Crippen molar-refractivity contribution in [3.63, 3.8) is 0 Å². The molecule has 1 heterocycles. The molecule has 28 heavy (non-hydrogen) atoms. The van der Waals surface area contributed by atoms with E-state index in [2.05, 4.69) is 45.5 Å². The van der Waals surface area contributed by atoms with Crippen LogP contribution >= 0.6 is 0 Å². The van der Waals surface area contributed by atoms with Gasteiger partial charge in [0.25, 0.3) is 0 Å². The van der Waals surface area contributed by atoms with Crippen molar-refractivity contribution in [1.82, 2.24) is 15.0 Å².